The Morgan fingerprint density at radius 2 is 2.21 bits per heavy atom. The van der Waals surface area contributed by atoms with Gasteiger partial charge in [0.15, 0.2) is 0 Å². The van der Waals surface area contributed by atoms with Crippen LogP contribution in [0.5, 0.6) is 0 Å². The first-order valence-electron chi connectivity index (χ1n) is 4.60. The molecular formula is C10H16O4. The molecule has 0 saturated heterocycles. The van der Waals surface area contributed by atoms with E-state index in [0.717, 1.165) is 0 Å². The van der Waals surface area contributed by atoms with Gasteiger partial charge >= 0.3 is 5.97 Å². The first-order valence-corrected chi connectivity index (χ1v) is 4.60. The van der Waals surface area contributed by atoms with Gasteiger partial charge in [0, 0.05) is 6.61 Å². The minimum Gasteiger partial charge on any atom is -0.465 e. The molecule has 0 aromatic rings. The Morgan fingerprint density at radius 1 is 1.50 bits per heavy atom. The maximum Gasteiger partial charge on any atom is 0.316 e. The van der Waals surface area contributed by atoms with E-state index in [-0.39, 0.29) is 13.2 Å². The summed E-state index contributed by atoms with van der Waals surface area (Å²) in [6.45, 7) is 3.78. The number of rotatable bonds is 8. The molecule has 0 aromatic heterocycles. The molecule has 0 aliphatic carbocycles. The quantitative estimate of drug-likeness (QED) is 0.206. The zero-order valence-electron chi connectivity index (χ0n) is 8.15. The van der Waals surface area contributed by atoms with E-state index in [1.165, 1.54) is 6.08 Å². The highest BCUT2D eigenvalue weighted by Gasteiger charge is 2.16. The molecule has 0 amide bonds. The number of esters is 1. The lowest BCUT2D eigenvalue weighted by molar-refractivity contribution is -0.149. The van der Waals surface area contributed by atoms with E-state index in [9.17, 15) is 9.59 Å². The topological polar surface area (TPSA) is 63.6 Å². The molecule has 1 unspecified atom stereocenters. The van der Waals surface area contributed by atoms with Crippen LogP contribution in [0.25, 0.3) is 0 Å². The number of carbonyl (C=O) groups excluding carboxylic acids is 2. The van der Waals surface area contributed by atoms with Crippen LogP contribution in [0.3, 0.4) is 0 Å². The van der Waals surface area contributed by atoms with Gasteiger partial charge in [0.1, 0.15) is 12.2 Å². The second-order valence-corrected chi connectivity index (χ2v) is 2.87. The lowest BCUT2D eigenvalue weighted by Gasteiger charge is -2.07. The van der Waals surface area contributed by atoms with Gasteiger partial charge in [-0.25, -0.2) is 0 Å². The van der Waals surface area contributed by atoms with Gasteiger partial charge in [-0.15, -0.1) is 6.58 Å². The summed E-state index contributed by atoms with van der Waals surface area (Å²) < 4.78 is 4.82. The number of aliphatic hydroxyl groups is 1. The molecule has 0 heterocycles. The number of hydrogen-bond donors (Lipinski definition) is 1. The highest BCUT2D eigenvalue weighted by atomic mass is 16.5. The maximum absolute atomic E-state index is 11.2. The van der Waals surface area contributed by atoms with Crippen LogP contribution in [0.4, 0.5) is 0 Å². The third-order valence-electron chi connectivity index (χ3n) is 1.68. The zero-order valence-corrected chi connectivity index (χ0v) is 8.15. The van der Waals surface area contributed by atoms with Crippen LogP contribution in [0, 0.1) is 5.92 Å². The van der Waals surface area contributed by atoms with Gasteiger partial charge in [-0.2, -0.15) is 0 Å². The average Bonchev–Trinajstić information content (AvgIpc) is 2.20. The number of aliphatic hydroxyl groups excluding tert-OH is 1. The molecule has 4 nitrogen and oxygen atoms in total. The van der Waals surface area contributed by atoms with E-state index < -0.39 is 11.9 Å². The molecule has 0 spiro atoms. The predicted molar refractivity (Wildman–Crippen MR) is 51.6 cm³/mol. The molecular weight excluding hydrogens is 184 g/mol. The lowest BCUT2D eigenvalue weighted by Crippen LogP contribution is -2.19. The van der Waals surface area contributed by atoms with Crippen LogP contribution >= 0.6 is 0 Å². The summed E-state index contributed by atoms with van der Waals surface area (Å²) in [5.41, 5.74) is 0. The summed E-state index contributed by atoms with van der Waals surface area (Å²) in [5.74, 6) is -1.25. The van der Waals surface area contributed by atoms with Crippen LogP contribution in [0.1, 0.15) is 19.3 Å². The van der Waals surface area contributed by atoms with E-state index in [1.54, 1.807) is 0 Å². The Balaban J connectivity index is 3.69. The number of aldehydes is 1. The van der Waals surface area contributed by atoms with Crippen LogP contribution in [0.2, 0.25) is 0 Å². The van der Waals surface area contributed by atoms with Gasteiger partial charge in [0.05, 0.1) is 6.61 Å². The van der Waals surface area contributed by atoms with Crippen molar-refractivity contribution in [2.75, 3.05) is 13.2 Å². The summed E-state index contributed by atoms with van der Waals surface area (Å²) in [6.07, 6.45) is 3.59. The minimum atomic E-state index is -0.735. The first kappa shape index (κ1) is 12.8. The largest absolute Gasteiger partial charge is 0.465 e. The monoisotopic (exact) mass is 200 g/mol. The highest BCUT2D eigenvalue weighted by Crippen LogP contribution is 2.03. The average molecular weight is 200 g/mol. The lowest BCUT2D eigenvalue weighted by atomic mass is 10.1. The fourth-order valence-corrected chi connectivity index (χ4v) is 0.881. The second kappa shape index (κ2) is 8.44. The van der Waals surface area contributed by atoms with Crippen molar-refractivity contribution in [1.29, 1.82) is 0 Å². The standard InChI is InChI=1S/C10H16O4/c1-2-5-9(8-12)10(13)14-7-4-3-6-11/h2,8-9,11H,1,3-7H2. The predicted octanol–water partition coefficient (Wildman–Crippen LogP) is 0.693. The zero-order chi connectivity index (χ0) is 10.8. The van der Waals surface area contributed by atoms with Crippen molar-refractivity contribution >= 4 is 12.3 Å². The first-order chi connectivity index (χ1) is 6.76. The molecule has 0 aromatic carbocycles. The number of hydrogen-bond acceptors (Lipinski definition) is 4. The molecule has 4 heteroatoms. The Kier molecular flexibility index (Phi) is 7.74. The number of ether oxygens (including phenoxy) is 1. The fourth-order valence-electron chi connectivity index (χ4n) is 0.881. The molecule has 0 rings (SSSR count). The van der Waals surface area contributed by atoms with Gasteiger partial charge in [-0.1, -0.05) is 6.08 Å². The Labute approximate surface area is 83.6 Å². The number of carbonyl (C=O) groups is 2. The SMILES string of the molecule is C=CCC(C=O)C(=O)OCCCCO. The van der Waals surface area contributed by atoms with Gasteiger partial charge in [-0.05, 0) is 19.3 Å². The van der Waals surface area contributed by atoms with E-state index >= 15 is 0 Å². The van der Waals surface area contributed by atoms with E-state index in [2.05, 4.69) is 6.58 Å². The normalized spacial score (nSPS) is 11.8. The van der Waals surface area contributed by atoms with Crippen LogP contribution < -0.4 is 0 Å². The van der Waals surface area contributed by atoms with Crippen LogP contribution in [-0.4, -0.2) is 30.6 Å². The minimum absolute atomic E-state index is 0.0846. The molecule has 80 valence electrons. The van der Waals surface area contributed by atoms with Crippen molar-refractivity contribution < 1.29 is 19.4 Å². The second-order valence-electron chi connectivity index (χ2n) is 2.87. The van der Waals surface area contributed by atoms with Gasteiger partial charge in [0.25, 0.3) is 0 Å². The molecule has 0 bridgehead atoms. The summed E-state index contributed by atoms with van der Waals surface area (Å²) in [7, 11) is 0. The summed E-state index contributed by atoms with van der Waals surface area (Å²) in [6, 6.07) is 0. The van der Waals surface area contributed by atoms with Crippen LogP contribution in [0.15, 0.2) is 12.7 Å². The van der Waals surface area contributed by atoms with Crippen LogP contribution in [-0.2, 0) is 14.3 Å². The molecule has 0 aliphatic rings. The summed E-state index contributed by atoms with van der Waals surface area (Å²) >= 11 is 0. The van der Waals surface area contributed by atoms with E-state index in [4.69, 9.17) is 9.84 Å². The number of allylic oxidation sites excluding steroid dienone is 1. The third-order valence-corrected chi connectivity index (χ3v) is 1.68. The molecule has 1 N–H and O–H groups in total. The summed E-state index contributed by atoms with van der Waals surface area (Å²) in [4.78, 5) is 21.6. The number of unbranched alkanes of at least 4 members (excludes halogenated alkanes) is 1. The van der Waals surface area contributed by atoms with Crippen molar-refractivity contribution in [2.45, 2.75) is 19.3 Å². The van der Waals surface area contributed by atoms with Crippen molar-refractivity contribution in [3.05, 3.63) is 12.7 Å². The molecule has 0 saturated carbocycles. The molecule has 14 heavy (non-hydrogen) atoms. The Hall–Kier alpha value is -1.16. The smallest absolute Gasteiger partial charge is 0.316 e. The van der Waals surface area contributed by atoms with Crippen molar-refractivity contribution in [2.24, 2.45) is 5.92 Å². The maximum atomic E-state index is 11.2. The third kappa shape index (κ3) is 5.48. The summed E-state index contributed by atoms with van der Waals surface area (Å²) in [5, 5.41) is 8.46. The molecule has 0 aliphatic heterocycles. The Morgan fingerprint density at radius 3 is 2.71 bits per heavy atom. The van der Waals surface area contributed by atoms with Crippen molar-refractivity contribution in [3.63, 3.8) is 0 Å². The van der Waals surface area contributed by atoms with Gasteiger partial charge < -0.3 is 14.6 Å². The highest BCUT2D eigenvalue weighted by molar-refractivity contribution is 5.87. The molecule has 1 atom stereocenters. The van der Waals surface area contributed by atoms with Crippen molar-refractivity contribution in [3.8, 4) is 0 Å². The molecule has 0 radical (unpaired) electrons. The van der Waals surface area contributed by atoms with E-state index in [0.29, 0.717) is 25.5 Å². The van der Waals surface area contributed by atoms with Crippen molar-refractivity contribution in [1.82, 2.24) is 0 Å². The fraction of sp³-hybridized carbons (Fsp3) is 0.600. The molecule has 0 fully saturated rings. The van der Waals surface area contributed by atoms with E-state index in [1.807, 2.05) is 0 Å². The van der Waals surface area contributed by atoms with Gasteiger partial charge in [-0.3, -0.25) is 4.79 Å². The Bertz CT molecular complexity index is 189. The van der Waals surface area contributed by atoms with Gasteiger partial charge in [0.2, 0.25) is 0 Å².